The van der Waals surface area contributed by atoms with Crippen LogP contribution in [0.25, 0.3) is 0 Å². The van der Waals surface area contributed by atoms with Gasteiger partial charge in [0.1, 0.15) is 0 Å². The molecule has 5 nitrogen and oxygen atoms in total. The number of hydrazone groups is 1. The van der Waals surface area contributed by atoms with Crippen LogP contribution in [-0.4, -0.2) is 21.8 Å². The molecule has 0 atom stereocenters. The maximum Gasteiger partial charge on any atom is 0.337 e. The number of rotatable bonds is 7. The average molecular weight is 379 g/mol. The van der Waals surface area contributed by atoms with Crippen molar-refractivity contribution in [2.45, 2.75) is 41.5 Å². The Balaban J connectivity index is 0. The number of hydrogen-bond acceptors (Lipinski definition) is 5. The minimum Gasteiger partial charge on any atom is -0.478 e. The summed E-state index contributed by atoms with van der Waals surface area (Å²) < 4.78 is 9.20. The minimum atomic E-state index is -1.02. The van der Waals surface area contributed by atoms with Gasteiger partial charge in [-0.15, -0.1) is 0 Å². The van der Waals surface area contributed by atoms with E-state index in [9.17, 15) is 14.5 Å². The van der Waals surface area contributed by atoms with E-state index < -0.39 is 5.97 Å². The first-order valence-electron chi connectivity index (χ1n) is 8.47. The van der Waals surface area contributed by atoms with E-state index in [1.165, 1.54) is 6.21 Å². The number of nitrogens with zero attached hydrogens (tertiary/aromatic N) is 1. The summed E-state index contributed by atoms with van der Waals surface area (Å²) in [6.45, 7) is 15.2. The number of nitrogens with one attached hydrogen (secondary N) is 1. The third-order valence-corrected chi connectivity index (χ3v) is 3.40. The van der Waals surface area contributed by atoms with Crippen molar-refractivity contribution >= 4 is 29.9 Å². The molecule has 3 N–H and O–H groups in total. The van der Waals surface area contributed by atoms with Gasteiger partial charge in [-0.3, -0.25) is 5.43 Å². The third kappa shape index (κ3) is 9.25. The van der Waals surface area contributed by atoms with Gasteiger partial charge >= 0.3 is 5.97 Å². The molecule has 1 rings (SSSR count). The molecule has 1 aromatic rings. The van der Waals surface area contributed by atoms with E-state index in [1.54, 1.807) is 43.4 Å². The van der Waals surface area contributed by atoms with Crippen LogP contribution in [0.5, 0.6) is 0 Å². The summed E-state index contributed by atoms with van der Waals surface area (Å²) in [4.78, 5) is 11.8. The summed E-state index contributed by atoms with van der Waals surface area (Å²) in [5.41, 5.74) is 4.76. The second-order valence-electron chi connectivity index (χ2n) is 4.33. The molecule has 0 aromatic heterocycles. The van der Waals surface area contributed by atoms with Crippen LogP contribution >= 0.6 is 12.0 Å². The number of hydrogen-bond donors (Lipinski definition) is 3. The number of aromatic carboxylic acids is 1. The van der Waals surface area contributed by atoms with Crippen molar-refractivity contribution in [3.05, 3.63) is 64.6 Å². The molecule has 0 radical (unpaired) electrons. The number of anilines is 1. The normalized spacial score (nSPS) is 11.0. The zero-order valence-corrected chi connectivity index (χ0v) is 17.2. The summed E-state index contributed by atoms with van der Waals surface area (Å²) in [7, 11) is 0. The summed E-state index contributed by atoms with van der Waals surface area (Å²) in [6, 6.07) is 5.03. The average Bonchev–Trinajstić information content (AvgIpc) is 2.67. The first-order valence-corrected chi connectivity index (χ1v) is 9.24. The largest absolute Gasteiger partial charge is 0.478 e. The molecule has 0 heterocycles. The highest BCUT2D eigenvalue weighted by molar-refractivity contribution is 7.98. The van der Waals surface area contributed by atoms with Crippen LogP contribution in [-0.2, 0) is 0 Å². The van der Waals surface area contributed by atoms with Crippen molar-refractivity contribution in [2.24, 2.45) is 5.10 Å². The zero-order chi connectivity index (χ0) is 20.5. The Kier molecular flexibility index (Phi) is 16.1. The molecule has 0 saturated heterocycles. The van der Waals surface area contributed by atoms with Gasteiger partial charge in [0.2, 0.25) is 0 Å². The van der Waals surface area contributed by atoms with Crippen molar-refractivity contribution in [3.8, 4) is 0 Å². The van der Waals surface area contributed by atoms with E-state index in [-0.39, 0.29) is 5.56 Å². The van der Waals surface area contributed by atoms with Gasteiger partial charge in [-0.25, -0.2) is 4.79 Å². The van der Waals surface area contributed by atoms with E-state index in [2.05, 4.69) is 17.1 Å². The van der Waals surface area contributed by atoms with Crippen LogP contribution < -0.4 is 5.43 Å². The van der Waals surface area contributed by atoms with Crippen LogP contribution in [0.15, 0.2) is 58.6 Å². The summed E-state index contributed by atoms with van der Waals surface area (Å²) in [6.07, 6.45) is 6.50. The Morgan fingerprint density at radius 2 is 1.88 bits per heavy atom. The Bertz CT molecular complexity index is 650. The predicted octanol–water partition coefficient (Wildman–Crippen LogP) is 6.37. The first-order chi connectivity index (χ1) is 12.5. The molecule has 0 bridgehead atoms. The summed E-state index contributed by atoms with van der Waals surface area (Å²) >= 11 is 0.606. The van der Waals surface area contributed by atoms with Crippen LogP contribution in [0, 0.1) is 6.92 Å². The number of carboxylic acid groups (broad SMARTS) is 1. The van der Waals surface area contributed by atoms with Gasteiger partial charge in [0.15, 0.2) is 0 Å². The molecular formula is C20H30N2O3S. The standard InChI is InChI=1S/C16H18N2O3S.2C2H6/c1-4-6-12(15(5-2)22-21)10-17-18-14-8-7-11(3)9-13(14)16(19)20;2*1-2/h4-10,18,21H,1H2,2-3H3,(H,19,20);2*1-2H3/b12-6-,15-5+,17-10+;;. The highest BCUT2D eigenvalue weighted by Crippen LogP contribution is 2.20. The van der Waals surface area contributed by atoms with Crippen LogP contribution in [0.3, 0.4) is 0 Å². The minimum absolute atomic E-state index is 0.147. The highest BCUT2D eigenvalue weighted by Gasteiger charge is 2.09. The SMILES string of the molecule is C=C/C=C(/C=N/Nc1ccc(C)cc1C(=O)O)C(=C/C)\SO.CC.CC. The molecule has 0 amide bonds. The van der Waals surface area contributed by atoms with Gasteiger partial charge in [0.25, 0.3) is 0 Å². The van der Waals surface area contributed by atoms with Gasteiger partial charge in [-0.05, 0) is 26.0 Å². The topological polar surface area (TPSA) is 81.9 Å². The molecule has 0 aliphatic heterocycles. The monoisotopic (exact) mass is 378 g/mol. The van der Waals surface area contributed by atoms with E-state index in [0.29, 0.717) is 28.2 Å². The lowest BCUT2D eigenvalue weighted by molar-refractivity contribution is 0.0698. The molecule has 0 aliphatic rings. The lowest BCUT2D eigenvalue weighted by Gasteiger charge is -2.07. The molecule has 0 saturated carbocycles. The van der Waals surface area contributed by atoms with Crippen molar-refractivity contribution in [1.82, 2.24) is 0 Å². The molecule has 0 fully saturated rings. The van der Waals surface area contributed by atoms with E-state index in [1.807, 2.05) is 34.6 Å². The first kappa shape index (κ1) is 25.9. The molecule has 26 heavy (non-hydrogen) atoms. The highest BCUT2D eigenvalue weighted by atomic mass is 32.2. The van der Waals surface area contributed by atoms with Gasteiger partial charge in [0.05, 0.1) is 17.5 Å². The van der Waals surface area contributed by atoms with Crippen LogP contribution in [0.4, 0.5) is 5.69 Å². The quantitative estimate of drug-likeness (QED) is 0.222. The lowest BCUT2D eigenvalue weighted by atomic mass is 10.1. The maximum absolute atomic E-state index is 11.2. The second-order valence-corrected chi connectivity index (χ2v) is 4.95. The Morgan fingerprint density at radius 3 is 2.35 bits per heavy atom. The van der Waals surface area contributed by atoms with Crippen LogP contribution in [0.2, 0.25) is 0 Å². The Morgan fingerprint density at radius 1 is 1.27 bits per heavy atom. The molecule has 1 aromatic carbocycles. The van der Waals surface area contributed by atoms with E-state index in [4.69, 9.17) is 0 Å². The predicted molar refractivity (Wildman–Crippen MR) is 115 cm³/mol. The number of allylic oxidation sites excluding steroid dienone is 4. The van der Waals surface area contributed by atoms with Gasteiger partial charge in [0, 0.05) is 22.5 Å². The van der Waals surface area contributed by atoms with E-state index in [0.717, 1.165) is 5.56 Å². The lowest BCUT2D eigenvalue weighted by Crippen LogP contribution is -2.03. The number of carbonyl (C=O) groups is 1. The fourth-order valence-electron chi connectivity index (χ4n) is 1.69. The molecule has 0 unspecified atom stereocenters. The summed E-state index contributed by atoms with van der Waals surface area (Å²) in [5.74, 6) is -1.02. The smallest absolute Gasteiger partial charge is 0.337 e. The van der Waals surface area contributed by atoms with Gasteiger partial charge < -0.3 is 9.66 Å². The number of benzene rings is 1. The van der Waals surface area contributed by atoms with E-state index >= 15 is 0 Å². The molecule has 0 spiro atoms. The van der Waals surface area contributed by atoms with Crippen molar-refractivity contribution in [2.75, 3.05) is 5.43 Å². The molecule has 6 heteroatoms. The third-order valence-electron chi connectivity index (χ3n) is 2.74. The fraction of sp³-hybridized carbons (Fsp3) is 0.300. The zero-order valence-electron chi connectivity index (χ0n) is 16.4. The number of carboxylic acids is 1. The second kappa shape index (κ2) is 16.2. The van der Waals surface area contributed by atoms with Gasteiger partial charge in [-0.1, -0.05) is 64.1 Å². The maximum atomic E-state index is 11.2. The van der Waals surface area contributed by atoms with Crippen molar-refractivity contribution < 1.29 is 14.5 Å². The Labute approximate surface area is 161 Å². The van der Waals surface area contributed by atoms with Crippen molar-refractivity contribution in [1.29, 1.82) is 0 Å². The number of aryl methyl sites for hydroxylation is 1. The van der Waals surface area contributed by atoms with Gasteiger partial charge in [-0.2, -0.15) is 5.10 Å². The Hall–Kier alpha value is -2.31. The van der Waals surface area contributed by atoms with Crippen molar-refractivity contribution in [3.63, 3.8) is 0 Å². The molecular weight excluding hydrogens is 348 g/mol. The summed E-state index contributed by atoms with van der Waals surface area (Å²) in [5, 5.41) is 13.2. The fourth-order valence-corrected chi connectivity index (χ4v) is 2.02. The molecule has 0 aliphatic carbocycles. The van der Waals surface area contributed by atoms with Crippen LogP contribution in [0.1, 0.15) is 50.5 Å². The molecule has 144 valence electrons.